The molecule has 0 spiro atoms. The minimum absolute atomic E-state index is 0.162. The van der Waals surface area contributed by atoms with Crippen molar-refractivity contribution in [1.29, 1.82) is 0 Å². The summed E-state index contributed by atoms with van der Waals surface area (Å²) in [6, 6.07) is 1.99. The van der Waals surface area contributed by atoms with Gasteiger partial charge in [-0.3, -0.25) is 0 Å². The lowest BCUT2D eigenvalue weighted by atomic mass is 10.2. The Balaban J connectivity index is 2.50. The van der Waals surface area contributed by atoms with E-state index >= 15 is 0 Å². The van der Waals surface area contributed by atoms with Crippen LogP contribution in [0.5, 0.6) is 0 Å². The molecule has 1 rings (SSSR count). The maximum atomic E-state index is 6.01. The Bertz CT molecular complexity index is 291. The maximum Gasteiger partial charge on any atom is 0.129 e. The van der Waals surface area contributed by atoms with Crippen LogP contribution in [0, 0.1) is 0 Å². The molecular formula is C11H18ClN3. The Morgan fingerprint density at radius 1 is 1.40 bits per heavy atom. The molecule has 3 nitrogen and oxygen atoms in total. The fourth-order valence-electron chi connectivity index (χ4n) is 1.25. The zero-order chi connectivity index (χ0) is 11.1. The highest BCUT2D eigenvalue weighted by Gasteiger charge is 2.02. The number of aromatic nitrogens is 2. The van der Waals surface area contributed by atoms with Crippen molar-refractivity contribution in [2.24, 2.45) is 0 Å². The Hall–Kier alpha value is -0.830. The highest BCUT2D eigenvalue weighted by atomic mass is 35.5. The first-order valence-corrected chi connectivity index (χ1v) is 5.88. The molecule has 0 fully saturated rings. The van der Waals surface area contributed by atoms with E-state index in [0.29, 0.717) is 0 Å². The molecule has 4 heteroatoms. The number of hydrogen-bond donors (Lipinski definition) is 1. The molecule has 1 atom stereocenters. The van der Waals surface area contributed by atoms with Gasteiger partial charge in [0.25, 0.3) is 0 Å². The van der Waals surface area contributed by atoms with Gasteiger partial charge < -0.3 is 5.32 Å². The SMILES string of the molecule is CCCc1cc(NCC(Cl)CC)ncn1. The van der Waals surface area contributed by atoms with E-state index in [2.05, 4.69) is 29.1 Å². The number of halogens is 1. The number of aryl methyl sites for hydroxylation is 1. The average Bonchev–Trinajstić information content (AvgIpc) is 2.27. The van der Waals surface area contributed by atoms with E-state index < -0.39 is 0 Å². The third-order valence-corrected chi connectivity index (χ3v) is 2.64. The lowest BCUT2D eigenvalue weighted by Crippen LogP contribution is -2.14. The van der Waals surface area contributed by atoms with Crippen LogP contribution in [0.3, 0.4) is 0 Å². The molecule has 0 bridgehead atoms. The lowest BCUT2D eigenvalue weighted by molar-refractivity contribution is 0.834. The van der Waals surface area contributed by atoms with Gasteiger partial charge in [0.05, 0.1) is 5.38 Å². The number of rotatable bonds is 6. The molecule has 0 saturated heterocycles. The summed E-state index contributed by atoms with van der Waals surface area (Å²) in [5.41, 5.74) is 1.08. The fourth-order valence-corrected chi connectivity index (χ4v) is 1.32. The smallest absolute Gasteiger partial charge is 0.129 e. The molecule has 15 heavy (non-hydrogen) atoms. The number of alkyl halides is 1. The third kappa shape index (κ3) is 4.47. The van der Waals surface area contributed by atoms with Gasteiger partial charge in [-0.2, -0.15) is 0 Å². The topological polar surface area (TPSA) is 37.8 Å². The molecule has 1 unspecified atom stereocenters. The van der Waals surface area contributed by atoms with Crippen LogP contribution in [0.15, 0.2) is 12.4 Å². The molecule has 1 aromatic heterocycles. The molecule has 84 valence electrons. The standard InChI is InChI=1S/C11H18ClN3/c1-3-5-10-6-11(15-8-14-10)13-7-9(12)4-2/h6,8-9H,3-5,7H2,1-2H3,(H,13,14,15). The average molecular weight is 228 g/mol. The quantitative estimate of drug-likeness (QED) is 0.760. The second-order valence-corrected chi connectivity index (χ2v) is 4.15. The van der Waals surface area contributed by atoms with Gasteiger partial charge in [0.2, 0.25) is 0 Å². The van der Waals surface area contributed by atoms with Crippen LogP contribution in [0.2, 0.25) is 0 Å². The van der Waals surface area contributed by atoms with Crippen molar-refractivity contribution in [2.75, 3.05) is 11.9 Å². The van der Waals surface area contributed by atoms with Crippen LogP contribution < -0.4 is 5.32 Å². The molecule has 0 aliphatic heterocycles. The fraction of sp³-hybridized carbons (Fsp3) is 0.636. The zero-order valence-corrected chi connectivity index (χ0v) is 10.1. The van der Waals surface area contributed by atoms with Crippen molar-refractivity contribution in [3.8, 4) is 0 Å². The van der Waals surface area contributed by atoms with Gasteiger partial charge in [-0.1, -0.05) is 20.3 Å². The van der Waals surface area contributed by atoms with E-state index in [1.807, 2.05) is 6.07 Å². The van der Waals surface area contributed by atoms with E-state index in [1.54, 1.807) is 6.33 Å². The summed E-state index contributed by atoms with van der Waals surface area (Å²) in [6.45, 7) is 4.96. The van der Waals surface area contributed by atoms with E-state index in [1.165, 1.54) is 0 Å². The second kappa shape index (κ2) is 6.62. The van der Waals surface area contributed by atoms with Crippen molar-refractivity contribution in [3.63, 3.8) is 0 Å². The van der Waals surface area contributed by atoms with Crippen LogP contribution in [0.4, 0.5) is 5.82 Å². The first-order chi connectivity index (χ1) is 7.26. The van der Waals surface area contributed by atoms with E-state index in [9.17, 15) is 0 Å². The van der Waals surface area contributed by atoms with E-state index in [4.69, 9.17) is 11.6 Å². The summed E-state index contributed by atoms with van der Waals surface area (Å²) in [4.78, 5) is 8.34. The molecule has 0 aliphatic rings. The van der Waals surface area contributed by atoms with Crippen LogP contribution in [-0.2, 0) is 6.42 Å². The summed E-state index contributed by atoms with van der Waals surface area (Å²) in [5, 5.41) is 3.37. The molecule has 0 aromatic carbocycles. The normalized spacial score (nSPS) is 12.5. The van der Waals surface area contributed by atoms with Crippen molar-refractivity contribution < 1.29 is 0 Å². The van der Waals surface area contributed by atoms with Crippen molar-refractivity contribution in [3.05, 3.63) is 18.1 Å². The molecule has 1 heterocycles. The molecule has 0 saturated carbocycles. The lowest BCUT2D eigenvalue weighted by Gasteiger charge is -2.09. The van der Waals surface area contributed by atoms with Gasteiger partial charge in [-0.05, 0) is 12.8 Å². The van der Waals surface area contributed by atoms with Gasteiger partial charge in [0.1, 0.15) is 12.1 Å². The largest absolute Gasteiger partial charge is 0.368 e. The molecular weight excluding hydrogens is 210 g/mol. The Labute approximate surface area is 96.3 Å². The highest BCUT2D eigenvalue weighted by Crippen LogP contribution is 2.08. The summed E-state index contributed by atoms with van der Waals surface area (Å²) in [5.74, 6) is 0.868. The van der Waals surface area contributed by atoms with Gasteiger partial charge in [-0.15, -0.1) is 11.6 Å². The van der Waals surface area contributed by atoms with Crippen molar-refractivity contribution >= 4 is 17.4 Å². The summed E-state index contributed by atoms with van der Waals surface area (Å²) < 4.78 is 0. The van der Waals surface area contributed by atoms with E-state index in [0.717, 1.165) is 37.3 Å². The predicted molar refractivity (Wildman–Crippen MR) is 64.4 cm³/mol. The van der Waals surface area contributed by atoms with Crippen molar-refractivity contribution in [1.82, 2.24) is 9.97 Å². The first kappa shape index (κ1) is 12.2. The van der Waals surface area contributed by atoms with Crippen LogP contribution in [-0.4, -0.2) is 21.9 Å². The van der Waals surface area contributed by atoms with Gasteiger partial charge in [0, 0.05) is 18.3 Å². The number of nitrogens with zero attached hydrogens (tertiary/aromatic N) is 2. The molecule has 1 N–H and O–H groups in total. The first-order valence-electron chi connectivity index (χ1n) is 5.45. The summed E-state index contributed by atoms with van der Waals surface area (Å²) in [7, 11) is 0. The summed E-state index contributed by atoms with van der Waals surface area (Å²) >= 11 is 6.01. The van der Waals surface area contributed by atoms with Gasteiger partial charge in [-0.25, -0.2) is 9.97 Å². The minimum atomic E-state index is 0.162. The Kier molecular flexibility index (Phi) is 5.40. The van der Waals surface area contributed by atoms with Crippen LogP contribution >= 0.6 is 11.6 Å². The number of anilines is 1. The highest BCUT2D eigenvalue weighted by molar-refractivity contribution is 6.20. The minimum Gasteiger partial charge on any atom is -0.368 e. The zero-order valence-electron chi connectivity index (χ0n) is 9.33. The Morgan fingerprint density at radius 3 is 2.87 bits per heavy atom. The molecule has 0 amide bonds. The summed E-state index contributed by atoms with van der Waals surface area (Å²) in [6.07, 6.45) is 4.66. The van der Waals surface area contributed by atoms with Gasteiger partial charge in [0.15, 0.2) is 0 Å². The van der Waals surface area contributed by atoms with Crippen LogP contribution in [0.1, 0.15) is 32.4 Å². The molecule has 0 radical (unpaired) electrons. The number of nitrogens with one attached hydrogen (secondary N) is 1. The Morgan fingerprint density at radius 2 is 2.20 bits per heavy atom. The number of hydrogen-bond acceptors (Lipinski definition) is 3. The third-order valence-electron chi connectivity index (χ3n) is 2.18. The molecule has 0 aliphatic carbocycles. The van der Waals surface area contributed by atoms with E-state index in [-0.39, 0.29) is 5.38 Å². The molecule has 1 aromatic rings. The maximum absolute atomic E-state index is 6.01. The van der Waals surface area contributed by atoms with Gasteiger partial charge >= 0.3 is 0 Å². The second-order valence-electron chi connectivity index (χ2n) is 3.53. The predicted octanol–water partition coefficient (Wildman–Crippen LogP) is 2.86. The van der Waals surface area contributed by atoms with Crippen molar-refractivity contribution in [2.45, 2.75) is 38.5 Å². The van der Waals surface area contributed by atoms with Crippen LogP contribution in [0.25, 0.3) is 0 Å². The monoisotopic (exact) mass is 227 g/mol.